The van der Waals surface area contributed by atoms with E-state index in [9.17, 15) is 0 Å². The summed E-state index contributed by atoms with van der Waals surface area (Å²) in [6.45, 7) is 5.02. The fourth-order valence-corrected chi connectivity index (χ4v) is 4.27. The van der Waals surface area contributed by atoms with E-state index in [-0.39, 0.29) is 0 Å². The van der Waals surface area contributed by atoms with Crippen molar-refractivity contribution in [2.45, 2.75) is 39.5 Å². The van der Waals surface area contributed by atoms with Crippen LogP contribution in [0.5, 0.6) is 0 Å². The van der Waals surface area contributed by atoms with E-state index < -0.39 is 0 Å². The van der Waals surface area contributed by atoms with Crippen molar-refractivity contribution >= 4 is 0 Å². The Bertz CT molecular complexity index is 253. The first-order valence-electron chi connectivity index (χ1n) is 5.34. The Hall–Kier alpha value is -0.260. The van der Waals surface area contributed by atoms with Crippen LogP contribution in [0.15, 0.2) is 12.2 Å². The molecule has 2 fully saturated rings. The highest BCUT2D eigenvalue weighted by Crippen LogP contribution is 2.70. The Kier molecular flexibility index (Phi) is 1.08. The van der Waals surface area contributed by atoms with E-state index >= 15 is 0 Å². The molecule has 0 aliphatic heterocycles. The second kappa shape index (κ2) is 1.81. The molecule has 0 nitrogen and oxygen atoms in total. The summed E-state index contributed by atoms with van der Waals surface area (Å²) < 4.78 is 0. The van der Waals surface area contributed by atoms with Crippen molar-refractivity contribution in [1.29, 1.82) is 0 Å². The fraction of sp³-hybridized carbons (Fsp3) is 0.833. The maximum absolute atomic E-state index is 2.52. The predicted molar refractivity (Wildman–Crippen MR) is 50.8 cm³/mol. The first-order chi connectivity index (χ1) is 5.67. The van der Waals surface area contributed by atoms with Gasteiger partial charge >= 0.3 is 0 Å². The Morgan fingerprint density at radius 3 is 2.67 bits per heavy atom. The number of allylic oxidation sites excluding steroid dienone is 2. The molecule has 0 aromatic rings. The summed E-state index contributed by atoms with van der Waals surface area (Å²) in [4.78, 5) is 0. The average Bonchev–Trinajstić information content (AvgIpc) is 2.61. The van der Waals surface area contributed by atoms with Gasteiger partial charge in [-0.3, -0.25) is 0 Å². The quantitative estimate of drug-likeness (QED) is 0.479. The van der Waals surface area contributed by atoms with E-state index in [1.165, 1.54) is 25.7 Å². The highest BCUT2D eigenvalue weighted by molar-refractivity contribution is 5.24. The largest absolute Gasteiger partial charge is 0.0874 e. The van der Waals surface area contributed by atoms with Crippen molar-refractivity contribution in [3.8, 4) is 0 Å². The van der Waals surface area contributed by atoms with E-state index in [1.807, 2.05) is 0 Å². The first kappa shape index (κ1) is 7.17. The normalized spacial score (nSPS) is 61.2. The van der Waals surface area contributed by atoms with Gasteiger partial charge in [-0.1, -0.05) is 26.0 Å². The van der Waals surface area contributed by atoms with Crippen LogP contribution in [0.1, 0.15) is 39.5 Å². The smallest absolute Gasteiger partial charge is 0.00588 e. The van der Waals surface area contributed by atoms with Crippen LogP contribution in [-0.4, -0.2) is 0 Å². The lowest BCUT2D eigenvalue weighted by Gasteiger charge is -2.44. The molecule has 0 amide bonds. The molecule has 0 N–H and O–H groups in total. The zero-order valence-electron chi connectivity index (χ0n) is 8.14. The topological polar surface area (TPSA) is 0 Å². The summed E-state index contributed by atoms with van der Waals surface area (Å²) in [5.41, 5.74) is 1.23. The Labute approximate surface area is 75.0 Å². The van der Waals surface area contributed by atoms with Crippen LogP contribution in [-0.2, 0) is 0 Å². The van der Waals surface area contributed by atoms with E-state index in [2.05, 4.69) is 26.0 Å². The third-order valence-electron chi connectivity index (χ3n) is 5.42. The van der Waals surface area contributed by atoms with Crippen LogP contribution in [0.2, 0.25) is 0 Å². The molecule has 0 unspecified atom stereocenters. The molecule has 3 aliphatic rings. The van der Waals surface area contributed by atoms with Gasteiger partial charge in [0.1, 0.15) is 0 Å². The molecule has 4 atom stereocenters. The fourth-order valence-electron chi connectivity index (χ4n) is 4.27. The van der Waals surface area contributed by atoms with Crippen molar-refractivity contribution < 1.29 is 0 Å². The lowest BCUT2D eigenvalue weighted by Crippen LogP contribution is -2.38. The van der Waals surface area contributed by atoms with E-state index in [0.29, 0.717) is 10.8 Å². The van der Waals surface area contributed by atoms with Gasteiger partial charge in [0.05, 0.1) is 0 Å². The lowest BCUT2D eigenvalue weighted by atomic mass is 9.60. The van der Waals surface area contributed by atoms with Gasteiger partial charge in [0.25, 0.3) is 0 Å². The molecular formula is C12H18. The van der Waals surface area contributed by atoms with Gasteiger partial charge in [-0.25, -0.2) is 0 Å². The average molecular weight is 162 g/mol. The van der Waals surface area contributed by atoms with Crippen molar-refractivity contribution in [2.24, 2.45) is 22.7 Å². The minimum atomic E-state index is 0.579. The predicted octanol–water partition coefficient (Wildman–Crippen LogP) is 3.39. The van der Waals surface area contributed by atoms with Crippen LogP contribution < -0.4 is 0 Å². The van der Waals surface area contributed by atoms with E-state index in [4.69, 9.17) is 0 Å². The van der Waals surface area contributed by atoms with Gasteiger partial charge in [0, 0.05) is 0 Å². The highest BCUT2D eigenvalue weighted by atomic mass is 14.7. The molecule has 0 saturated heterocycles. The molecule has 2 bridgehead atoms. The zero-order valence-corrected chi connectivity index (χ0v) is 8.14. The first-order valence-corrected chi connectivity index (χ1v) is 5.34. The van der Waals surface area contributed by atoms with Crippen molar-refractivity contribution in [1.82, 2.24) is 0 Å². The number of hydrogen-bond donors (Lipinski definition) is 0. The molecule has 0 aromatic carbocycles. The second-order valence-corrected chi connectivity index (χ2v) is 5.51. The molecule has 12 heavy (non-hydrogen) atoms. The maximum Gasteiger partial charge on any atom is -0.00588 e. The molecule has 3 aliphatic carbocycles. The van der Waals surface area contributed by atoms with Gasteiger partial charge in [-0.15, -0.1) is 0 Å². The van der Waals surface area contributed by atoms with Crippen LogP contribution >= 0.6 is 0 Å². The summed E-state index contributed by atoms with van der Waals surface area (Å²) in [6.07, 6.45) is 10.9. The van der Waals surface area contributed by atoms with Gasteiger partial charge in [0.15, 0.2) is 0 Å². The van der Waals surface area contributed by atoms with Crippen LogP contribution in [0.25, 0.3) is 0 Å². The zero-order chi connectivity index (χ0) is 8.40. The number of rotatable bonds is 0. The molecule has 0 aromatic heterocycles. The van der Waals surface area contributed by atoms with Crippen LogP contribution in [0, 0.1) is 22.7 Å². The van der Waals surface area contributed by atoms with Gasteiger partial charge < -0.3 is 0 Å². The SMILES string of the molecule is C[C@@]12C=CC[C@@]1(C)[C@@H]1CC[C@H]2C1. The Balaban J connectivity index is 2.12. The summed E-state index contributed by atoms with van der Waals surface area (Å²) in [7, 11) is 0. The molecule has 3 rings (SSSR count). The van der Waals surface area contributed by atoms with E-state index in [1.54, 1.807) is 0 Å². The number of fused-ring (bicyclic) bond motifs is 5. The minimum absolute atomic E-state index is 0.579. The molecule has 66 valence electrons. The monoisotopic (exact) mass is 162 g/mol. The molecule has 0 heteroatoms. The van der Waals surface area contributed by atoms with Crippen molar-refractivity contribution in [2.75, 3.05) is 0 Å². The highest BCUT2D eigenvalue weighted by Gasteiger charge is 2.62. The molecule has 0 heterocycles. The van der Waals surface area contributed by atoms with Crippen molar-refractivity contribution in [3.05, 3.63) is 12.2 Å². The molecule has 2 saturated carbocycles. The third-order valence-corrected chi connectivity index (χ3v) is 5.42. The maximum atomic E-state index is 2.52. The summed E-state index contributed by atoms with van der Waals surface area (Å²) >= 11 is 0. The summed E-state index contributed by atoms with van der Waals surface area (Å²) in [5, 5.41) is 0. The summed E-state index contributed by atoms with van der Waals surface area (Å²) in [5.74, 6) is 2.06. The van der Waals surface area contributed by atoms with Gasteiger partial charge in [-0.2, -0.15) is 0 Å². The second-order valence-electron chi connectivity index (χ2n) is 5.51. The Morgan fingerprint density at radius 1 is 1.17 bits per heavy atom. The molecule has 0 radical (unpaired) electrons. The van der Waals surface area contributed by atoms with Crippen LogP contribution in [0.3, 0.4) is 0 Å². The standard InChI is InChI=1S/C12H18/c1-11-6-3-7-12(11,2)10-5-4-9(11)8-10/h3,6,9-10H,4-5,7-8H2,1-2H3/t9-,10+,11-,12-/m0/s1. The summed E-state index contributed by atoms with van der Waals surface area (Å²) in [6, 6.07) is 0. The van der Waals surface area contributed by atoms with Gasteiger partial charge in [-0.05, 0) is 48.3 Å². The lowest BCUT2D eigenvalue weighted by molar-refractivity contribution is 0.0657. The minimum Gasteiger partial charge on any atom is -0.0874 e. The Morgan fingerprint density at radius 2 is 1.92 bits per heavy atom. The van der Waals surface area contributed by atoms with Gasteiger partial charge in [0.2, 0.25) is 0 Å². The van der Waals surface area contributed by atoms with Crippen molar-refractivity contribution in [3.63, 3.8) is 0 Å². The molecular weight excluding hydrogens is 144 g/mol. The van der Waals surface area contributed by atoms with Crippen LogP contribution in [0.4, 0.5) is 0 Å². The third kappa shape index (κ3) is 0.522. The number of hydrogen-bond acceptors (Lipinski definition) is 0. The van der Waals surface area contributed by atoms with E-state index in [0.717, 1.165) is 11.8 Å². The molecule has 0 spiro atoms.